The van der Waals surface area contributed by atoms with Crippen molar-refractivity contribution < 1.29 is 4.74 Å². The lowest BCUT2D eigenvalue weighted by atomic mass is 10.2. The molecule has 0 unspecified atom stereocenters. The highest BCUT2D eigenvalue weighted by Crippen LogP contribution is 2.09. The maximum atomic E-state index is 12.1. The molecule has 0 bridgehead atoms. The number of benzene rings is 2. The summed E-state index contributed by atoms with van der Waals surface area (Å²) in [7, 11) is 2.07. The summed E-state index contributed by atoms with van der Waals surface area (Å²) in [5.41, 5.74) is 0.680. The molecule has 25 heavy (non-hydrogen) atoms. The van der Waals surface area contributed by atoms with Gasteiger partial charge in [-0.25, -0.2) is 4.98 Å². The van der Waals surface area contributed by atoms with E-state index in [-0.39, 0.29) is 5.56 Å². The van der Waals surface area contributed by atoms with E-state index in [0.717, 1.165) is 43.0 Å². The third-order valence-corrected chi connectivity index (χ3v) is 4.09. The Kier molecular flexibility index (Phi) is 5.80. The molecule has 5 nitrogen and oxygen atoms in total. The maximum absolute atomic E-state index is 12.1. The van der Waals surface area contributed by atoms with E-state index in [1.54, 1.807) is 6.07 Å². The molecule has 0 radical (unpaired) electrons. The third-order valence-electron chi connectivity index (χ3n) is 4.09. The zero-order chi connectivity index (χ0) is 17.5. The molecular formula is C20H23N3O2. The number of nitrogens with one attached hydrogen (secondary N) is 1. The summed E-state index contributed by atoms with van der Waals surface area (Å²) in [6, 6.07) is 17.3. The number of likely N-dealkylation sites (N-methyl/N-ethyl adjacent to an activating group) is 1. The highest BCUT2D eigenvalue weighted by molar-refractivity contribution is 5.77. The smallest absolute Gasteiger partial charge is 0.258 e. The number of aromatic amines is 1. The van der Waals surface area contributed by atoms with Gasteiger partial charge in [0.25, 0.3) is 5.56 Å². The zero-order valence-corrected chi connectivity index (χ0v) is 14.4. The second-order valence-electron chi connectivity index (χ2n) is 6.10. The van der Waals surface area contributed by atoms with Crippen LogP contribution in [0.1, 0.15) is 12.2 Å². The van der Waals surface area contributed by atoms with Crippen LogP contribution in [0.25, 0.3) is 10.9 Å². The van der Waals surface area contributed by atoms with Gasteiger partial charge in [-0.15, -0.1) is 0 Å². The van der Waals surface area contributed by atoms with E-state index in [9.17, 15) is 4.79 Å². The predicted molar refractivity (Wildman–Crippen MR) is 100 cm³/mol. The number of hydrogen-bond donors (Lipinski definition) is 1. The minimum Gasteiger partial charge on any atom is -0.494 e. The number of hydrogen-bond acceptors (Lipinski definition) is 4. The molecule has 0 amide bonds. The number of rotatable bonds is 8. The van der Waals surface area contributed by atoms with Crippen LogP contribution < -0.4 is 10.3 Å². The van der Waals surface area contributed by atoms with E-state index in [4.69, 9.17) is 4.74 Å². The first-order chi connectivity index (χ1) is 12.2. The van der Waals surface area contributed by atoms with E-state index in [2.05, 4.69) is 21.9 Å². The summed E-state index contributed by atoms with van der Waals surface area (Å²) in [6.45, 7) is 2.47. The van der Waals surface area contributed by atoms with Crippen molar-refractivity contribution in [2.45, 2.75) is 12.8 Å². The van der Waals surface area contributed by atoms with Gasteiger partial charge >= 0.3 is 0 Å². The Balaban J connectivity index is 1.44. The molecule has 1 N–H and O–H groups in total. The van der Waals surface area contributed by atoms with Crippen LogP contribution in [0.2, 0.25) is 0 Å². The van der Waals surface area contributed by atoms with E-state index < -0.39 is 0 Å². The number of ether oxygens (including phenoxy) is 1. The SMILES string of the molecule is CN(CCCOc1ccccc1)CCc1nc2ccccc2c(=O)[nH]1. The van der Waals surface area contributed by atoms with Crippen molar-refractivity contribution in [2.75, 3.05) is 26.7 Å². The molecule has 0 atom stereocenters. The Bertz CT molecular complexity index is 861. The molecular weight excluding hydrogens is 314 g/mol. The molecule has 1 aromatic heterocycles. The Morgan fingerprint density at radius 1 is 1.04 bits per heavy atom. The molecule has 0 aliphatic heterocycles. The molecule has 0 saturated carbocycles. The van der Waals surface area contributed by atoms with Crippen LogP contribution >= 0.6 is 0 Å². The van der Waals surface area contributed by atoms with Crippen LogP contribution in [0.3, 0.4) is 0 Å². The standard InChI is InChI=1S/C20H23N3O2/c1-23(13-7-15-25-16-8-3-2-4-9-16)14-12-19-21-18-11-6-5-10-17(18)20(24)22-19/h2-6,8-11H,7,12-15H2,1H3,(H,21,22,24). The Labute approximate surface area is 147 Å². The number of para-hydroxylation sites is 2. The second-order valence-corrected chi connectivity index (χ2v) is 6.10. The van der Waals surface area contributed by atoms with Crippen molar-refractivity contribution in [3.8, 4) is 5.75 Å². The van der Waals surface area contributed by atoms with Gasteiger partial charge in [-0.05, 0) is 37.7 Å². The summed E-state index contributed by atoms with van der Waals surface area (Å²) in [5, 5.41) is 0.637. The fourth-order valence-corrected chi connectivity index (χ4v) is 2.70. The van der Waals surface area contributed by atoms with Crippen molar-refractivity contribution in [3.63, 3.8) is 0 Å². The molecule has 0 saturated heterocycles. The van der Waals surface area contributed by atoms with Gasteiger partial charge in [0.15, 0.2) is 0 Å². The maximum Gasteiger partial charge on any atom is 0.258 e. The van der Waals surface area contributed by atoms with Gasteiger partial charge < -0.3 is 14.6 Å². The van der Waals surface area contributed by atoms with E-state index >= 15 is 0 Å². The number of aromatic nitrogens is 2. The van der Waals surface area contributed by atoms with Crippen molar-refractivity contribution in [2.24, 2.45) is 0 Å². The van der Waals surface area contributed by atoms with Crippen LogP contribution in [0, 0.1) is 0 Å². The average Bonchev–Trinajstić information content (AvgIpc) is 2.64. The minimum absolute atomic E-state index is 0.0699. The highest BCUT2D eigenvalue weighted by Gasteiger charge is 2.05. The number of H-pyrrole nitrogens is 1. The Morgan fingerprint density at radius 3 is 2.64 bits per heavy atom. The van der Waals surface area contributed by atoms with Gasteiger partial charge in [0, 0.05) is 19.5 Å². The van der Waals surface area contributed by atoms with Gasteiger partial charge in [-0.1, -0.05) is 30.3 Å². The monoisotopic (exact) mass is 337 g/mol. The van der Waals surface area contributed by atoms with Crippen molar-refractivity contribution >= 4 is 10.9 Å². The summed E-state index contributed by atoms with van der Waals surface area (Å²) in [4.78, 5) is 21.7. The third kappa shape index (κ3) is 4.90. The Hall–Kier alpha value is -2.66. The van der Waals surface area contributed by atoms with Gasteiger partial charge in [-0.2, -0.15) is 0 Å². The summed E-state index contributed by atoms with van der Waals surface area (Å²) in [5.74, 6) is 1.64. The lowest BCUT2D eigenvalue weighted by Crippen LogP contribution is -2.25. The van der Waals surface area contributed by atoms with Crippen LogP contribution in [-0.2, 0) is 6.42 Å². The van der Waals surface area contributed by atoms with Gasteiger partial charge in [-0.3, -0.25) is 4.79 Å². The summed E-state index contributed by atoms with van der Waals surface area (Å²) >= 11 is 0. The molecule has 2 aromatic carbocycles. The second kappa shape index (κ2) is 8.44. The van der Waals surface area contributed by atoms with Gasteiger partial charge in [0.2, 0.25) is 0 Å². The van der Waals surface area contributed by atoms with Crippen molar-refractivity contribution in [1.82, 2.24) is 14.9 Å². The van der Waals surface area contributed by atoms with E-state index in [1.807, 2.05) is 48.5 Å². The first kappa shape index (κ1) is 17.2. The first-order valence-corrected chi connectivity index (χ1v) is 8.57. The average molecular weight is 337 g/mol. The lowest BCUT2D eigenvalue weighted by molar-refractivity contribution is 0.263. The van der Waals surface area contributed by atoms with Crippen LogP contribution in [0.5, 0.6) is 5.75 Å². The Morgan fingerprint density at radius 2 is 1.80 bits per heavy atom. The van der Waals surface area contributed by atoms with Gasteiger partial charge in [0.05, 0.1) is 17.5 Å². The van der Waals surface area contributed by atoms with Crippen LogP contribution in [0.15, 0.2) is 59.4 Å². The predicted octanol–water partition coefficient (Wildman–Crippen LogP) is 2.87. The molecule has 0 aliphatic rings. The fraction of sp³-hybridized carbons (Fsp3) is 0.300. The molecule has 0 fully saturated rings. The summed E-state index contributed by atoms with van der Waals surface area (Å²) in [6.07, 6.45) is 1.67. The number of fused-ring (bicyclic) bond motifs is 1. The normalized spacial score (nSPS) is 11.1. The quantitative estimate of drug-likeness (QED) is 0.642. The molecule has 5 heteroatoms. The molecule has 130 valence electrons. The van der Waals surface area contributed by atoms with E-state index in [1.165, 1.54) is 0 Å². The van der Waals surface area contributed by atoms with Crippen LogP contribution in [0.4, 0.5) is 0 Å². The highest BCUT2D eigenvalue weighted by atomic mass is 16.5. The molecule has 0 spiro atoms. The van der Waals surface area contributed by atoms with Crippen molar-refractivity contribution in [3.05, 3.63) is 70.8 Å². The zero-order valence-electron chi connectivity index (χ0n) is 14.4. The van der Waals surface area contributed by atoms with Gasteiger partial charge in [0.1, 0.15) is 11.6 Å². The number of nitrogens with zero attached hydrogens (tertiary/aromatic N) is 2. The topological polar surface area (TPSA) is 58.2 Å². The van der Waals surface area contributed by atoms with Crippen molar-refractivity contribution in [1.29, 1.82) is 0 Å². The molecule has 0 aliphatic carbocycles. The molecule has 1 heterocycles. The fourth-order valence-electron chi connectivity index (χ4n) is 2.70. The minimum atomic E-state index is -0.0699. The van der Waals surface area contributed by atoms with Crippen LogP contribution in [-0.4, -0.2) is 41.6 Å². The lowest BCUT2D eigenvalue weighted by Gasteiger charge is -2.16. The summed E-state index contributed by atoms with van der Waals surface area (Å²) < 4.78 is 5.70. The largest absolute Gasteiger partial charge is 0.494 e. The molecule has 3 rings (SSSR count). The van der Waals surface area contributed by atoms with E-state index in [0.29, 0.717) is 12.0 Å². The first-order valence-electron chi connectivity index (χ1n) is 8.57. The molecule has 3 aromatic rings.